The van der Waals surface area contributed by atoms with E-state index in [1.54, 1.807) is 6.07 Å². The van der Waals surface area contributed by atoms with Crippen LogP contribution in [0.1, 0.15) is 0 Å². The predicted molar refractivity (Wildman–Crippen MR) is 87.0 cm³/mol. The molecule has 0 N–H and O–H groups in total. The molecule has 0 saturated carbocycles. The van der Waals surface area contributed by atoms with Gasteiger partial charge in [0.25, 0.3) is 0 Å². The maximum absolute atomic E-state index is 13.7. The van der Waals surface area contributed by atoms with E-state index in [4.69, 9.17) is 4.42 Å². The second-order valence-corrected chi connectivity index (χ2v) is 5.18. The molecule has 0 fully saturated rings. The van der Waals surface area contributed by atoms with Crippen molar-refractivity contribution in [3.05, 3.63) is 84.7 Å². The van der Waals surface area contributed by atoms with Gasteiger partial charge in [-0.2, -0.15) is 0 Å². The highest BCUT2D eigenvalue weighted by Gasteiger charge is 2.17. The van der Waals surface area contributed by atoms with Gasteiger partial charge in [-0.05, 0) is 23.8 Å². The lowest BCUT2D eigenvalue weighted by molar-refractivity contribution is 0.619. The van der Waals surface area contributed by atoms with Crippen LogP contribution >= 0.6 is 0 Å². The minimum atomic E-state index is -0.259. The van der Waals surface area contributed by atoms with E-state index in [1.807, 2.05) is 60.7 Å². The summed E-state index contributed by atoms with van der Waals surface area (Å²) in [6.07, 6.45) is 0. The predicted octanol–water partition coefficient (Wildman–Crippen LogP) is 5.91. The number of rotatable bonds is 2. The molecule has 2 heteroatoms. The SMILES string of the molecule is Fc1ccc2oc(-c3ccccc3)c(-c3ccccc3)c2c1. The summed E-state index contributed by atoms with van der Waals surface area (Å²) in [6, 6.07) is 24.5. The zero-order valence-electron chi connectivity index (χ0n) is 11.8. The van der Waals surface area contributed by atoms with Crippen molar-refractivity contribution in [3.63, 3.8) is 0 Å². The van der Waals surface area contributed by atoms with Crippen molar-refractivity contribution in [1.82, 2.24) is 0 Å². The largest absolute Gasteiger partial charge is 0.455 e. The number of hydrogen-bond donors (Lipinski definition) is 0. The molecule has 0 atom stereocenters. The highest BCUT2D eigenvalue weighted by atomic mass is 19.1. The van der Waals surface area contributed by atoms with Gasteiger partial charge in [-0.25, -0.2) is 4.39 Å². The molecule has 106 valence electrons. The topological polar surface area (TPSA) is 13.1 Å². The van der Waals surface area contributed by atoms with Gasteiger partial charge in [0.15, 0.2) is 0 Å². The van der Waals surface area contributed by atoms with Crippen LogP contribution < -0.4 is 0 Å². The first-order valence-corrected chi connectivity index (χ1v) is 7.16. The van der Waals surface area contributed by atoms with Crippen molar-refractivity contribution in [3.8, 4) is 22.5 Å². The number of furan rings is 1. The molecule has 0 saturated heterocycles. The average Bonchev–Trinajstić information content (AvgIpc) is 2.95. The van der Waals surface area contributed by atoms with Gasteiger partial charge in [-0.1, -0.05) is 60.7 Å². The first-order valence-electron chi connectivity index (χ1n) is 7.16. The molecule has 0 unspecified atom stereocenters. The van der Waals surface area contributed by atoms with Gasteiger partial charge in [0, 0.05) is 16.5 Å². The van der Waals surface area contributed by atoms with Crippen LogP contribution in [0.2, 0.25) is 0 Å². The first kappa shape index (κ1) is 12.8. The summed E-state index contributed by atoms with van der Waals surface area (Å²) >= 11 is 0. The van der Waals surface area contributed by atoms with Crippen LogP contribution in [-0.4, -0.2) is 0 Å². The third-order valence-electron chi connectivity index (χ3n) is 3.75. The van der Waals surface area contributed by atoms with Crippen LogP contribution in [0.3, 0.4) is 0 Å². The fourth-order valence-electron chi connectivity index (χ4n) is 2.75. The summed E-state index contributed by atoms with van der Waals surface area (Å²) in [5.74, 6) is 0.512. The van der Waals surface area contributed by atoms with Crippen LogP contribution in [0.15, 0.2) is 83.3 Å². The molecule has 4 rings (SSSR count). The molecule has 1 heterocycles. The summed E-state index contributed by atoms with van der Waals surface area (Å²) < 4.78 is 19.7. The second-order valence-electron chi connectivity index (χ2n) is 5.18. The van der Waals surface area contributed by atoms with E-state index in [0.29, 0.717) is 5.58 Å². The van der Waals surface area contributed by atoms with Gasteiger partial charge in [0.1, 0.15) is 17.2 Å². The van der Waals surface area contributed by atoms with Crippen molar-refractivity contribution in [2.75, 3.05) is 0 Å². The molecule has 1 aromatic heterocycles. The lowest BCUT2D eigenvalue weighted by atomic mass is 9.99. The number of benzene rings is 3. The van der Waals surface area contributed by atoms with Crippen LogP contribution in [0.25, 0.3) is 33.4 Å². The number of fused-ring (bicyclic) bond motifs is 1. The molecule has 22 heavy (non-hydrogen) atoms. The summed E-state index contributed by atoms with van der Waals surface area (Å²) in [6.45, 7) is 0. The Morgan fingerprint density at radius 3 is 2.00 bits per heavy atom. The highest BCUT2D eigenvalue weighted by molar-refractivity contribution is 6.01. The summed E-state index contributed by atoms with van der Waals surface area (Å²) in [4.78, 5) is 0. The number of hydrogen-bond acceptors (Lipinski definition) is 1. The zero-order chi connectivity index (χ0) is 14.9. The van der Waals surface area contributed by atoms with Crippen LogP contribution in [0.5, 0.6) is 0 Å². The van der Waals surface area contributed by atoms with E-state index in [1.165, 1.54) is 12.1 Å². The number of halogens is 1. The Bertz CT molecular complexity index is 924. The molecule has 0 amide bonds. The fourth-order valence-corrected chi connectivity index (χ4v) is 2.75. The van der Waals surface area contributed by atoms with E-state index in [0.717, 1.165) is 27.8 Å². The Kier molecular flexibility index (Phi) is 3.01. The van der Waals surface area contributed by atoms with Crippen molar-refractivity contribution >= 4 is 11.0 Å². The lowest BCUT2D eigenvalue weighted by Gasteiger charge is -2.03. The smallest absolute Gasteiger partial charge is 0.143 e. The normalized spacial score (nSPS) is 11.0. The van der Waals surface area contributed by atoms with Crippen molar-refractivity contribution in [1.29, 1.82) is 0 Å². The molecule has 0 bridgehead atoms. The van der Waals surface area contributed by atoms with Crippen molar-refractivity contribution in [2.45, 2.75) is 0 Å². The van der Waals surface area contributed by atoms with E-state index >= 15 is 0 Å². The monoisotopic (exact) mass is 288 g/mol. The highest BCUT2D eigenvalue weighted by Crippen LogP contribution is 2.40. The average molecular weight is 288 g/mol. The second kappa shape index (κ2) is 5.15. The van der Waals surface area contributed by atoms with Crippen LogP contribution in [0.4, 0.5) is 4.39 Å². The summed E-state index contributed by atoms with van der Waals surface area (Å²) in [5, 5.41) is 0.796. The van der Waals surface area contributed by atoms with Crippen molar-refractivity contribution < 1.29 is 8.81 Å². The van der Waals surface area contributed by atoms with E-state index in [9.17, 15) is 4.39 Å². The quantitative estimate of drug-likeness (QED) is 0.447. The lowest BCUT2D eigenvalue weighted by Crippen LogP contribution is -1.81. The molecular formula is C20H13FO. The van der Waals surface area contributed by atoms with Gasteiger partial charge in [-0.15, -0.1) is 0 Å². The zero-order valence-corrected chi connectivity index (χ0v) is 11.8. The molecule has 1 nitrogen and oxygen atoms in total. The van der Waals surface area contributed by atoms with Crippen molar-refractivity contribution in [2.24, 2.45) is 0 Å². The molecule has 0 aliphatic rings. The minimum absolute atomic E-state index is 0.259. The molecule has 0 aliphatic heterocycles. The van der Waals surface area contributed by atoms with Gasteiger partial charge < -0.3 is 4.42 Å². The summed E-state index contributed by atoms with van der Waals surface area (Å²) in [5.41, 5.74) is 3.63. The standard InChI is InChI=1S/C20H13FO/c21-16-11-12-18-17(13-16)19(14-7-3-1-4-8-14)20(22-18)15-9-5-2-6-10-15/h1-13H. The maximum Gasteiger partial charge on any atom is 0.143 e. The Labute approximate surface area is 127 Å². The summed E-state index contributed by atoms with van der Waals surface area (Å²) in [7, 11) is 0. The van der Waals surface area contributed by atoms with Gasteiger partial charge in [0.2, 0.25) is 0 Å². The molecule has 3 aromatic carbocycles. The van der Waals surface area contributed by atoms with E-state index < -0.39 is 0 Å². The van der Waals surface area contributed by atoms with Gasteiger partial charge >= 0.3 is 0 Å². The van der Waals surface area contributed by atoms with E-state index in [-0.39, 0.29) is 5.82 Å². The molecular weight excluding hydrogens is 275 g/mol. The fraction of sp³-hybridized carbons (Fsp3) is 0. The molecule has 0 spiro atoms. The van der Waals surface area contributed by atoms with Gasteiger partial charge in [0.05, 0.1) is 0 Å². The third kappa shape index (κ3) is 2.09. The van der Waals surface area contributed by atoms with Gasteiger partial charge in [-0.3, -0.25) is 0 Å². The Balaban J connectivity index is 2.08. The first-order chi connectivity index (χ1) is 10.8. The molecule has 4 aromatic rings. The third-order valence-corrected chi connectivity index (χ3v) is 3.75. The Hall–Kier alpha value is -2.87. The Morgan fingerprint density at radius 2 is 1.32 bits per heavy atom. The molecule has 0 radical (unpaired) electrons. The molecule has 0 aliphatic carbocycles. The van der Waals surface area contributed by atoms with Crippen LogP contribution in [0, 0.1) is 5.82 Å². The maximum atomic E-state index is 13.7. The minimum Gasteiger partial charge on any atom is -0.455 e. The Morgan fingerprint density at radius 1 is 0.682 bits per heavy atom. The van der Waals surface area contributed by atoms with E-state index in [2.05, 4.69) is 0 Å². The van der Waals surface area contributed by atoms with Crippen LogP contribution in [-0.2, 0) is 0 Å².